The minimum atomic E-state index is -2.81. The average Bonchev–Trinajstić information content (AvgIpc) is 2.16. The molecule has 0 radical (unpaired) electrons. The lowest BCUT2D eigenvalue weighted by Crippen LogP contribution is -2.45. The van der Waals surface area contributed by atoms with Gasteiger partial charge >= 0.3 is 0 Å². The Morgan fingerprint density at radius 3 is 2.33 bits per heavy atom. The number of benzene rings is 1. The van der Waals surface area contributed by atoms with E-state index in [1.807, 2.05) is 24.3 Å². The average molecular weight is 227 g/mol. The number of nitrogens with two attached hydrogens (primary N) is 1. The molecule has 1 heterocycles. The van der Waals surface area contributed by atoms with E-state index in [-0.39, 0.29) is 17.6 Å². The normalized spacial score (nSPS) is 19.5. The zero-order valence-corrected chi connectivity index (χ0v) is 9.03. The Balaban J connectivity index is 1.95. The summed E-state index contributed by atoms with van der Waals surface area (Å²) in [6, 6.07) is 7.38. The Kier molecular flexibility index (Phi) is 2.67. The van der Waals surface area contributed by atoms with E-state index in [0.717, 1.165) is 5.56 Å². The maximum atomic E-state index is 10.9. The van der Waals surface area contributed by atoms with Crippen molar-refractivity contribution in [3.05, 3.63) is 29.8 Å². The fourth-order valence-electron chi connectivity index (χ4n) is 1.48. The molecule has 2 rings (SSSR count). The summed E-state index contributed by atoms with van der Waals surface area (Å²) in [5, 5.41) is 0. The molecule has 0 saturated carbocycles. The van der Waals surface area contributed by atoms with E-state index >= 15 is 0 Å². The van der Waals surface area contributed by atoms with Gasteiger partial charge in [0.2, 0.25) is 0 Å². The molecule has 1 saturated heterocycles. The monoisotopic (exact) mass is 227 g/mol. The highest BCUT2D eigenvalue weighted by molar-refractivity contribution is 7.92. The van der Waals surface area contributed by atoms with Crippen LogP contribution in [0.2, 0.25) is 0 Å². The lowest BCUT2D eigenvalue weighted by Gasteiger charge is -2.26. The standard InChI is InChI=1S/C10H13NO3S/c11-5-8-1-3-9(4-2-8)14-10-6-15(12,13)7-10/h1-4,10H,5-7,11H2. The lowest BCUT2D eigenvalue weighted by atomic mass is 10.2. The number of ether oxygens (including phenoxy) is 1. The number of sulfone groups is 1. The third-order valence-corrected chi connectivity index (χ3v) is 4.10. The maximum Gasteiger partial charge on any atom is 0.157 e. The van der Waals surface area contributed by atoms with Crippen LogP contribution in [0, 0.1) is 0 Å². The summed E-state index contributed by atoms with van der Waals surface area (Å²) in [6.07, 6.45) is -0.182. The zero-order chi connectivity index (χ0) is 10.9. The van der Waals surface area contributed by atoms with Gasteiger partial charge in [0.05, 0.1) is 11.5 Å². The van der Waals surface area contributed by atoms with Crippen LogP contribution in [0.1, 0.15) is 5.56 Å². The smallest absolute Gasteiger partial charge is 0.157 e. The van der Waals surface area contributed by atoms with E-state index < -0.39 is 9.84 Å². The number of rotatable bonds is 3. The third kappa shape index (κ3) is 2.49. The first-order valence-corrected chi connectivity index (χ1v) is 6.57. The largest absolute Gasteiger partial charge is 0.488 e. The lowest BCUT2D eigenvalue weighted by molar-refractivity contribution is 0.230. The van der Waals surface area contributed by atoms with Crippen molar-refractivity contribution < 1.29 is 13.2 Å². The van der Waals surface area contributed by atoms with E-state index in [2.05, 4.69) is 0 Å². The molecule has 0 aromatic heterocycles. The van der Waals surface area contributed by atoms with Crippen molar-refractivity contribution in [2.75, 3.05) is 11.5 Å². The Bertz CT molecular complexity index is 426. The van der Waals surface area contributed by atoms with Crippen molar-refractivity contribution in [2.45, 2.75) is 12.6 Å². The van der Waals surface area contributed by atoms with E-state index in [4.69, 9.17) is 10.5 Å². The quantitative estimate of drug-likeness (QED) is 0.807. The van der Waals surface area contributed by atoms with Crippen molar-refractivity contribution in [3.63, 3.8) is 0 Å². The summed E-state index contributed by atoms with van der Waals surface area (Å²) in [7, 11) is -2.81. The predicted molar refractivity (Wildman–Crippen MR) is 57.4 cm³/mol. The van der Waals surface area contributed by atoms with Crippen molar-refractivity contribution >= 4 is 9.84 Å². The van der Waals surface area contributed by atoms with Crippen molar-refractivity contribution in [2.24, 2.45) is 5.73 Å². The minimum Gasteiger partial charge on any atom is -0.488 e. The molecule has 5 heteroatoms. The highest BCUT2D eigenvalue weighted by Gasteiger charge is 2.35. The van der Waals surface area contributed by atoms with Gasteiger partial charge in [-0.3, -0.25) is 0 Å². The summed E-state index contributed by atoms with van der Waals surface area (Å²) in [4.78, 5) is 0. The number of hydrogen-bond donors (Lipinski definition) is 1. The van der Waals surface area contributed by atoms with Crippen LogP contribution in [0.5, 0.6) is 5.75 Å². The molecule has 15 heavy (non-hydrogen) atoms. The Labute approximate surface area is 89.0 Å². The summed E-state index contributed by atoms with van der Waals surface area (Å²) in [5.74, 6) is 0.962. The van der Waals surface area contributed by atoms with Crippen LogP contribution >= 0.6 is 0 Å². The molecule has 0 aliphatic carbocycles. The maximum absolute atomic E-state index is 10.9. The predicted octanol–water partition coefficient (Wildman–Crippen LogP) is 0.321. The van der Waals surface area contributed by atoms with Crippen molar-refractivity contribution in [1.29, 1.82) is 0 Å². The molecule has 0 atom stereocenters. The highest BCUT2D eigenvalue weighted by atomic mass is 32.2. The molecule has 0 unspecified atom stereocenters. The van der Waals surface area contributed by atoms with Gasteiger partial charge in [0.25, 0.3) is 0 Å². The molecule has 1 aromatic rings. The van der Waals surface area contributed by atoms with Gasteiger partial charge in [-0.05, 0) is 17.7 Å². The van der Waals surface area contributed by atoms with E-state index in [9.17, 15) is 8.42 Å². The summed E-state index contributed by atoms with van der Waals surface area (Å²) in [6.45, 7) is 0.498. The van der Waals surface area contributed by atoms with Gasteiger partial charge in [0.1, 0.15) is 11.9 Å². The summed E-state index contributed by atoms with van der Waals surface area (Å²) >= 11 is 0. The molecular formula is C10H13NO3S. The fraction of sp³-hybridized carbons (Fsp3) is 0.400. The molecule has 1 aliphatic heterocycles. The first-order chi connectivity index (χ1) is 7.09. The second-order valence-corrected chi connectivity index (χ2v) is 5.82. The van der Waals surface area contributed by atoms with Gasteiger partial charge in [0, 0.05) is 6.54 Å². The van der Waals surface area contributed by atoms with E-state index in [1.54, 1.807) is 0 Å². The first kappa shape index (κ1) is 10.4. The Morgan fingerprint density at radius 1 is 1.27 bits per heavy atom. The van der Waals surface area contributed by atoms with Crippen LogP contribution in [0.15, 0.2) is 24.3 Å². The van der Waals surface area contributed by atoms with Gasteiger partial charge in [-0.2, -0.15) is 0 Å². The van der Waals surface area contributed by atoms with E-state index in [1.165, 1.54) is 0 Å². The van der Waals surface area contributed by atoms with Crippen LogP contribution in [-0.2, 0) is 16.4 Å². The molecular weight excluding hydrogens is 214 g/mol. The topological polar surface area (TPSA) is 69.4 Å². The second-order valence-electron chi connectivity index (χ2n) is 3.66. The second kappa shape index (κ2) is 3.83. The van der Waals surface area contributed by atoms with E-state index in [0.29, 0.717) is 12.3 Å². The Hall–Kier alpha value is -1.07. The van der Waals surface area contributed by atoms with Gasteiger partial charge in [-0.1, -0.05) is 12.1 Å². The Morgan fingerprint density at radius 2 is 1.87 bits per heavy atom. The number of hydrogen-bond acceptors (Lipinski definition) is 4. The molecule has 1 aliphatic rings. The highest BCUT2D eigenvalue weighted by Crippen LogP contribution is 2.19. The fourth-order valence-corrected chi connectivity index (χ4v) is 2.65. The first-order valence-electron chi connectivity index (χ1n) is 4.75. The van der Waals surface area contributed by atoms with Crippen LogP contribution in [0.25, 0.3) is 0 Å². The third-order valence-electron chi connectivity index (χ3n) is 2.34. The van der Waals surface area contributed by atoms with Crippen LogP contribution < -0.4 is 10.5 Å². The van der Waals surface area contributed by atoms with Crippen molar-refractivity contribution in [3.8, 4) is 5.75 Å². The SMILES string of the molecule is NCc1ccc(OC2CS(=O)(=O)C2)cc1. The van der Waals surface area contributed by atoms with Gasteiger partial charge in [-0.25, -0.2) is 8.42 Å². The summed E-state index contributed by atoms with van der Waals surface area (Å²) < 4.78 is 27.2. The molecule has 1 aromatic carbocycles. The molecule has 0 bridgehead atoms. The molecule has 0 spiro atoms. The van der Waals surface area contributed by atoms with Crippen LogP contribution in [0.3, 0.4) is 0 Å². The molecule has 0 amide bonds. The van der Waals surface area contributed by atoms with Gasteiger partial charge < -0.3 is 10.5 Å². The molecule has 82 valence electrons. The van der Waals surface area contributed by atoms with Gasteiger partial charge in [-0.15, -0.1) is 0 Å². The minimum absolute atomic E-state index is 0.131. The molecule has 4 nitrogen and oxygen atoms in total. The van der Waals surface area contributed by atoms with Gasteiger partial charge in [0.15, 0.2) is 9.84 Å². The van der Waals surface area contributed by atoms with Crippen LogP contribution in [0.4, 0.5) is 0 Å². The molecule has 1 fully saturated rings. The van der Waals surface area contributed by atoms with Crippen molar-refractivity contribution in [1.82, 2.24) is 0 Å². The zero-order valence-electron chi connectivity index (χ0n) is 8.22. The van der Waals surface area contributed by atoms with Crippen LogP contribution in [-0.4, -0.2) is 26.0 Å². The summed E-state index contributed by atoms with van der Waals surface area (Å²) in [5.41, 5.74) is 6.49. The molecule has 2 N–H and O–H groups in total.